The Balaban J connectivity index is 1.80. The first-order valence-electron chi connectivity index (χ1n) is 7.69. The number of amides is 1. The predicted octanol–water partition coefficient (Wildman–Crippen LogP) is 2.65. The van der Waals surface area contributed by atoms with E-state index in [0.717, 1.165) is 16.9 Å². The van der Waals surface area contributed by atoms with Crippen LogP contribution in [0.25, 0.3) is 0 Å². The first-order chi connectivity index (χ1) is 11.0. The fourth-order valence-corrected chi connectivity index (χ4v) is 2.31. The SMILES string of the molecule is COc1ccc(CCC(=O)NC[C@@](C)(O)c2ccccc2)cc1. The fourth-order valence-electron chi connectivity index (χ4n) is 2.31. The number of carbonyl (C=O) groups excluding carboxylic acids is 1. The van der Waals surface area contributed by atoms with Crippen molar-refractivity contribution in [2.45, 2.75) is 25.4 Å². The van der Waals surface area contributed by atoms with Gasteiger partial charge in [0.15, 0.2) is 0 Å². The molecule has 1 atom stereocenters. The Morgan fingerprint density at radius 1 is 1.13 bits per heavy atom. The third-order valence-corrected chi connectivity index (χ3v) is 3.83. The maximum Gasteiger partial charge on any atom is 0.220 e. The van der Waals surface area contributed by atoms with Crippen LogP contribution in [0.5, 0.6) is 5.75 Å². The monoisotopic (exact) mass is 313 g/mol. The Bertz CT molecular complexity index is 621. The first-order valence-corrected chi connectivity index (χ1v) is 7.69. The average molecular weight is 313 g/mol. The van der Waals surface area contributed by atoms with Crippen LogP contribution >= 0.6 is 0 Å². The summed E-state index contributed by atoms with van der Waals surface area (Å²) in [6, 6.07) is 17.0. The van der Waals surface area contributed by atoms with Crippen LogP contribution < -0.4 is 10.1 Å². The minimum Gasteiger partial charge on any atom is -0.497 e. The topological polar surface area (TPSA) is 58.6 Å². The van der Waals surface area contributed by atoms with Crippen molar-refractivity contribution in [2.24, 2.45) is 0 Å². The smallest absolute Gasteiger partial charge is 0.220 e. The van der Waals surface area contributed by atoms with Crippen molar-refractivity contribution in [2.75, 3.05) is 13.7 Å². The highest BCUT2D eigenvalue weighted by molar-refractivity contribution is 5.76. The summed E-state index contributed by atoms with van der Waals surface area (Å²) in [6.45, 7) is 1.89. The predicted molar refractivity (Wildman–Crippen MR) is 90.3 cm³/mol. The highest BCUT2D eigenvalue weighted by Crippen LogP contribution is 2.19. The molecular formula is C19H23NO3. The average Bonchev–Trinajstić information content (AvgIpc) is 2.59. The summed E-state index contributed by atoms with van der Waals surface area (Å²) in [5.74, 6) is 0.731. The molecule has 0 saturated carbocycles. The number of aryl methyl sites for hydroxylation is 1. The van der Waals surface area contributed by atoms with E-state index in [-0.39, 0.29) is 12.5 Å². The minimum absolute atomic E-state index is 0.0722. The van der Waals surface area contributed by atoms with Crippen molar-refractivity contribution in [3.05, 3.63) is 65.7 Å². The Labute approximate surface area is 137 Å². The highest BCUT2D eigenvalue weighted by Gasteiger charge is 2.23. The number of hydrogen-bond donors (Lipinski definition) is 2. The summed E-state index contributed by atoms with van der Waals surface area (Å²) < 4.78 is 5.11. The third-order valence-electron chi connectivity index (χ3n) is 3.83. The molecule has 0 aliphatic heterocycles. The second-order valence-corrected chi connectivity index (χ2v) is 5.76. The van der Waals surface area contributed by atoms with Crippen molar-refractivity contribution in [3.8, 4) is 5.75 Å². The number of carbonyl (C=O) groups is 1. The maximum atomic E-state index is 12.0. The quantitative estimate of drug-likeness (QED) is 0.826. The zero-order valence-electron chi connectivity index (χ0n) is 13.6. The van der Waals surface area contributed by atoms with Gasteiger partial charge in [0, 0.05) is 6.42 Å². The molecule has 2 rings (SSSR count). The lowest BCUT2D eigenvalue weighted by atomic mass is 9.96. The van der Waals surface area contributed by atoms with Crippen LogP contribution in [-0.4, -0.2) is 24.7 Å². The lowest BCUT2D eigenvalue weighted by Crippen LogP contribution is -2.38. The molecule has 0 unspecified atom stereocenters. The van der Waals surface area contributed by atoms with Gasteiger partial charge in [-0.15, -0.1) is 0 Å². The molecule has 0 aromatic heterocycles. The molecule has 0 spiro atoms. The van der Waals surface area contributed by atoms with Gasteiger partial charge < -0.3 is 15.2 Å². The van der Waals surface area contributed by atoms with Gasteiger partial charge in [0.25, 0.3) is 0 Å². The summed E-state index contributed by atoms with van der Waals surface area (Å²) in [4.78, 5) is 12.0. The Hall–Kier alpha value is -2.33. The Morgan fingerprint density at radius 3 is 2.39 bits per heavy atom. The van der Waals surface area contributed by atoms with Gasteiger partial charge in [0.1, 0.15) is 11.4 Å². The van der Waals surface area contributed by atoms with E-state index in [1.807, 2.05) is 54.6 Å². The van der Waals surface area contributed by atoms with Crippen LogP contribution in [0.4, 0.5) is 0 Å². The highest BCUT2D eigenvalue weighted by atomic mass is 16.5. The lowest BCUT2D eigenvalue weighted by molar-refractivity contribution is -0.122. The van der Waals surface area contributed by atoms with Gasteiger partial charge in [0.2, 0.25) is 5.91 Å². The number of hydrogen-bond acceptors (Lipinski definition) is 3. The molecule has 2 N–H and O–H groups in total. The lowest BCUT2D eigenvalue weighted by Gasteiger charge is -2.24. The van der Waals surface area contributed by atoms with Gasteiger partial charge in [-0.05, 0) is 36.6 Å². The van der Waals surface area contributed by atoms with E-state index in [1.165, 1.54) is 0 Å². The molecule has 0 fully saturated rings. The molecule has 1 amide bonds. The second kappa shape index (κ2) is 7.79. The Kier molecular flexibility index (Phi) is 5.77. The van der Waals surface area contributed by atoms with Crippen LogP contribution in [0.1, 0.15) is 24.5 Å². The number of benzene rings is 2. The fraction of sp³-hybridized carbons (Fsp3) is 0.316. The van der Waals surface area contributed by atoms with Crippen molar-refractivity contribution in [3.63, 3.8) is 0 Å². The second-order valence-electron chi connectivity index (χ2n) is 5.76. The standard InChI is InChI=1S/C19H23NO3/c1-19(22,16-6-4-3-5-7-16)14-20-18(21)13-10-15-8-11-17(23-2)12-9-15/h3-9,11-12,22H,10,13-14H2,1-2H3,(H,20,21)/t19-/m1/s1. The van der Waals surface area contributed by atoms with Crippen molar-refractivity contribution in [1.29, 1.82) is 0 Å². The number of aliphatic hydroxyl groups is 1. The molecule has 0 radical (unpaired) electrons. The number of ether oxygens (including phenoxy) is 1. The molecular weight excluding hydrogens is 290 g/mol. The van der Waals surface area contributed by atoms with Crippen LogP contribution in [0.2, 0.25) is 0 Å². The molecule has 23 heavy (non-hydrogen) atoms. The molecule has 0 heterocycles. The minimum atomic E-state index is -1.07. The Morgan fingerprint density at radius 2 is 1.78 bits per heavy atom. The molecule has 2 aromatic carbocycles. The van der Waals surface area contributed by atoms with Crippen LogP contribution in [0, 0.1) is 0 Å². The summed E-state index contributed by atoms with van der Waals surface area (Å²) >= 11 is 0. The van der Waals surface area contributed by atoms with Crippen molar-refractivity contribution >= 4 is 5.91 Å². The van der Waals surface area contributed by atoms with E-state index in [9.17, 15) is 9.90 Å². The first kappa shape index (κ1) is 17.0. The largest absolute Gasteiger partial charge is 0.497 e. The molecule has 4 heteroatoms. The molecule has 0 aliphatic carbocycles. The summed E-state index contributed by atoms with van der Waals surface area (Å²) in [7, 11) is 1.63. The normalized spacial score (nSPS) is 13.2. The van der Waals surface area contributed by atoms with Crippen LogP contribution in [0.15, 0.2) is 54.6 Å². The van der Waals surface area contributed by atoms with Crippen LogP contribution in [-0.2, 0) is 16.8 Å². The summed E-state index contributed by atoms with van der Waals surface area (Å²) in [5, 5.41) is 13.2. The number of methoxy groups -OCH3 is 1. The molecule has 2 aromatic rings. The van der Waals surface area contributed by atoms with Gasteiger partial charge >= 0.3 is 0 Å². The number of nitrogens with one attached hydrogen (secondary N) is 1. The summed E-state index contributed by atoms with van der Waals surface area (Å²) in [5.41, 5.74) is 0.794. The third kappa shape index (κ3) is 5.11. The zero-order chi connectivity index (χ0) is 16.7. The van der Waals surface area contributed by atoms with E-state index in [0.29, 0.717) is 12.8 Å². The zero-order valence-corrected chi connectivity index (χ0v) is 13.6. The molecule has 0 aliphatic rings. The van der Waals surface area contributed by atoms with Crippen molar-refractivity contribution in [1.82, 2.24) is 5.32 Å². The van der Waals surface area contributed by atoms with Gasteiger partial charge in [-0.1, -0.05) is 42.5 Å². The van der Waals surface area contributed by atoms with E-state index < -0.39 is 5.60 Å². The molecule has 122 valence electrons. The van der Waals surface area contributed by atoms with Gasteiger partial charge in [-0.3, -0.25) is 4.79 Å². The van der Waals surface area contributed by atoms with E-state index in [2.05, 4.69) is 5.32 Å². The molecule has 0 bridgehead atoms. The molecule has 4 nitrogen and oxygen atoms in total. The van der Waals surface area contributed by atoms with Gasteiger partial charge in [0.05, 0.1) is 13.7 Å². The van der Waals surface area contributed by atoms with E-state index >= 15 is 0 Å². The van der Waals surface area contributed by atoms with E-state index in [4.69, 9.17) is 4.74 Å². The van der Waals surface area contributed by atoms with Gasteiger partial charge in [-0.25, -0.2) is 0 Å². The molecule has 0 saturated heterocycles. The van der Waals surface area contributed by atoms with Gasteiger partial charge in [-0.2, -0.15) is 0 Å². The number of rotatable bonds is 7. The van der Waals surface area contributed by atoms with Crippen LogP contribution in [0.3, 0.4) is 0 Å². The van der Waals surface area contributed by atoms with E-state index in [1.54, 1.807) is 14.0 Å². The van der Waals surface area contributed by atoms with Crippen molar-refractivity contribution < 1.29 is 14.6 Å². The maximum absolute atomic E-state index is 12.0. The summed E-state index contributed by atoms with van der Waals surface area (Å²) in [6.07, 6.45) is 1.04.